The minimum atomic E-state index is 0.321. The zero-order valence-corrected chi connectivity index (χ0v) is 10.7. The maximum absolute atomic E-state index is 5.51. The van der Waals surface area contributed by atoms with Crippen molar-refractivity contribution in [3.05, 3.63) is 17.5 Å². The molecule has 2 N–H and O–H groups in total. The molecule has 1 atom stereocenters. The second kappa shape index (κ2) is 6.66. The van der Waals surface area contributed by atoms with Gasteiger partial charge in [-0.2, -0.15) is 5.10 Å². The van der Waals surface area contributed by atoms with Gasteiger partial charge in [-0.1, -0.05) is 13.8 Å². The van der Waals surface area contributed by atoms with Gasteiger partial charge in [-0.15, -0.1) is 0 Å². The molecule has 1 unspecified atom stereocenters. The van der Waals surface area contributed by atoms with Gasteiger partial charge in [0.1, 0.15) is 0 Å². The fourth-order valence-electron chi connectivity index (χ4n) is 1.57. The van der Waals surface area contributed by atoms with Crippen molar-refractivity contribution in [3.63, 3.8) is 0 Å². The lowest BCUT2D eigenvalue weighted by Gasteiger charge is -2.13. The predicted octanol–water partition coefficient (Wildman–Crippen LogP) is 2.04. The van der Waals surface area contributed by atoms with E-state index in [1.54, 1.807) is 0 Å². The summed E-state index contributed by atoms with van der Waals surface area (Å²) in [4.78, 5) is 0. The van der Waals surface area contributed by atoms with Crippen LogP contribution in [0.15, 0.2) is 6.20 Å². The van der Waals surface area contributed by atoms with Crippen LogP contribution in [-0.2, 0) is 4.74 Å². The lowest BCUT2D eigenvalue weighted by Crippen LogP contribution is -2.24. The number of rotatable bonds is 7. The largest absolute Gasteiger partial charge is 0.380 e. The summed E-state index contributed by atoms with van der Waals surface area (Å²) in [6, 6.07) is 0.321. The Bertz CT molecular complexity index is 296. The van der Waals surface area contributed by atoms with Crippen molar-refractivity contribution in [2.45, 2.75) is 33.7 Å². The van der Waals surface area contributed by atoms with Gasteiger partial charge >= 0.3 is 0 Å². The zero-order valence-electron chi connectivity index (χ0n) is 10.7. The molecule has 0 aliphatic rings. The Morgan fingerprint density at radius 3 is 2.75 bits per heavy atom. The lowest BCUT2D eigenvalue weighted by molar-refractivity contribution is 0.110. The van der Waals surface area contributed by atoms with Gasteiger partial charge in [0.05, 0.1) is 12.8 Å². The molecule has 0 aromatic carbocycles. The summed E-state index contributed by atoms with van der Waals surface area (Å²) in [5, 5.41) is 10.4. The summed E-state index contributed by atoms with van der Waals surface area (Å²) in [6.07, 6.45) is 1.88. The van der Waals surface area contributed by atoms with Crippen LogP contribution in [0.1, 0.15) is 38.1 Å². The predicted molar refractivity (Wildman–Crippen MR) is 65.4 cm³/mol. The van der Waals surface area contributed by atoms with E-state index in [0.29, 0.717) is 12.0 Å². The molecule has 92 valence electrons. The second-order valence-electron chi connectivity index (χ2n) is 4.59. The van der Waals surface area contributed by atoms with E-state index in [2.05, 4.69) is 36.3 Å². The average molecular weight is 225 g/mol. The Morgan fingerprint density at radius 2 is 2.19 bits per heavy atom. The summed E-state index contributed by atoms with van der Waals surface area (Å²) in [7, 11) is 0. The van der Waals surface area contributed by atoms with Crippen molar-refractivity contribution in [1.29, 1.82) is 0 Å². The van der Waals surface area contributed by atoms with Crippen molar-refractivity contribution in [2.75, 3.05) is 19.8 Å². The monoisotopic (exact) mass is 225 g/mol. The molecule has 0 radical (unpaired) electrons. The standard InChI is InChI=1S/C12H23N3O/c1-9(2)8-16-6-5-13-10(3)12-7-14-15-11(12)4/h7,9-10,13H,5-6,8H2,1-4H3,(H,14,15). The molecule has 0 fully saturated rings. The first-order valence-corrected chi connectivity index (χ1v) is 5.92. The summed E-state index contributed by atoms with van der Waals surface area (Å²) in [5.41, 5.74) is 2.35. The fourth-order valence-corrected chi connectivity index (χ4v) is 1.57. The number of hydrogen-bond acceptors (Lipinski definition) is 3. The van der Waals surface area contributed by atoms with Crippen LogP contribution in [-0.4, -0.2) is 30.0 Å². The van der Waals surface area contributed by atoms with Crippen molar-refractivity contribution in [3.8, 4) is 0 Å². The van der Waals surface area contributed by atoms with Crippen LogP contribution in [0.4, 0.5) is 0 Å². The van der Waals surface area contributed by atoms with Gasteiger partial charge in [-0.3, -0.25) is 5.10 Å². The Hall–Kier alpha value is -0.870. The molecule has 1 rings (SSSR count). The second-order valence-corrected chi connectivity index (χ2v) is 4.59. The molecule has 0 bridgehead atoms. The normalized spacial score (nSPS) is 13.3. The summed E-state index contributed by atoms with van der Waals surface area (Å²) >= 11 is 0. The van der Waals surface area contributed by atoms with Crippen LogP contribution < -0.4 is 5.32 Å². The summed E-state index contributed by atoms with van der Waals surface area (Å²) in [5.74, 6) is 0.605. The molecule has 1 heterocycles. The number of nitrogens with zero attached hydrogens (tertiary/aromatic N) is 1. The van der Waals surface area contributed by atoms with E-state index in [0.717, 1.165) is 25.5 Å². The minimum absolute atomic E-state index is 0.321. The molecule has 4 heteroatoms. The number of hydrogen-bond donors (Lipinski definition) is 2. The summed E-state index contributed by atoms with van der Waals surface area (Å²) in [6.45, 7) is 11.0. The molecular formula is C12H23N3O. The smallest absolute Gasteiger partial charge is 0.0591 e. The van der Waals surface area contributed by atoms with Gasteiger partial charge in [0.15, 0.2) is 0 Å². The minimum Gasteiger partial charge on any atom is -0.380 e. The van der Waals surface area contributed by atoms with Crippen molar-refractivity contribution < 1.29 is 4.74 Å². The van der Waals surface area contributed by atoms with Gasteiger partial charge in [0.2, 0.25) is 0 Å². The first-order valence-electron chi connectivity index (χ1n) is 5.92. The van der Waals surface area contributed by atoms with Crippen molar-refractivity contribution in [2.24, 2.45) is 5.92 Å². The molecule has 1 aromatic rings. The maximum Gasteiger partial charge on any atom is 0.0591 e. The number of aryl methyl sites for hydroxylation is 1. The number of nitrogens with one attached hydrogen (secondary N) is 2. The topological polar surface area (TPSA) is 49.9 Å². The molecule has 0 aliphatic carbocycles. The van der Waals surface area contributed by atoms with E-state index >= 15 is 0 Å². The van der Waals surface area contributed by atoms with E-state index in [-0.39, 0.29) is 0 Å². The van der Waals surface area contributed by atoms with Gasteiger partial charge in [-0.05, 0) is 19.8 Å². The Morgan fingerprint density at radius 1 is 1.44 bits per heavy atom. The molecule has 4 nitrogen and oxygen atoms in total. The number of aromatic amines is 1. The fraction of sp³-hybridized carbons (Fsp3) is 0.750. The van der Waals surface area contributed by atoms with Crippen LogP contribution >= 0.6 is 0 Å². The first kappa shape index (κ1) is 13.2. The summed E-state index contributed by atoms with van der Waals surface area (Å²) < 4.78 is 5.51. The van der Waals surface area contributed by atoms with E-state index in [9.17, 15) is 0 Å². The zero-order chi connectivity index (χ0) is 12.0. The van der Waals surface area contributed by atoms with E-state index < -0.39 is 0 Å². The SMILES string of the molecule is Cc1[nH]ncc1C(C)NCCOCC(C)C. The average Bonchev–Trinajstić information content (AvgIpc) is 2.63. The molecule has 0 spiro atoms. The van der Waals surface area contributed by atoms with Crippen LogP contribution in [0.25, 0.3) is 0 Å². The van der Waals surface area contributed by atoms with Gasteiger partial charge < -0.3 is 10.1 Å². The van der Waals surface area contributed by atoms with Crippen molar-refractivity contribution >= 4 is 0 Å². The highest BCUT2D eigenvalue weighted by atomic mass is 16.5. The third kappa shape index (κ3) is 4.33. The molecule has 0 aliphatic heterocycles. The quantitative estimate of drug-likeness (QED) is 0.698. The molecule has 16 heavy (non-hydrogen) atoms. The Kier molecular flexibility index (Phi) is 5.49. The third-order valence-corrected chi connectivity index (χ3v) is 2.48. The maximum atomic E-state index is 5.51. The third-order valence-electron chi connectivity index (χ3n) is 2.48. The molecule has 0 saturated carbocycles. The highest BCUT2D eigenvalue weighted by molar-refractivity contribution is 5.18. The van der Waals surface area contributed by atoms with E-state index in [1.807, 2.05) is 13.1 Å². The van der Waals surface area contributed by atoms with Crippen molar-refractivity contribution in [1.82, 2.24) is 15.5 Å². The highest BCUT2D eigenvalue weighted by Crippen LogP contribution is 2.13. The van der Waals surface area contributed by atoms with Gasteiger partial charge in [-0.25, -0.2) is 0 Å². The van der Waals surface area contributed by atoms with Crippen LogP contribution in [0.5, 0.6) is 0 Å². The van der Waals surface area contributed by atoms with Gasteiger partial charge in [0.25, 0.3) is 0 Å². The number of H-pyrrole nitrogens is 1. The Labute approximate surface area is 97.8 Å². The first-order chi connectivity index (χ1) is 7.61. The Balaban J connectivity index is 2.16. The number of aromatic nitrogens is 2. The highest BCUT2D eigenvalue weighted by Gasteiger charge is 2.08. The van der Waals surface area contributed by atoms with Crippen LogP contribution in [0, 0.1) is 12.8 Å². The number of ether oxygens (including phenoxy) is 1. The lowest BCUT2D eigenvalue weighted by atomic mass is 10.1. The molecule has 0 saturated heterocycles. The molecular weight excluding hydrogens is 202 g/mol. The van der Waals surface area contributed by atoms with Crippen LogP contribution in [0.3, 0.4) is 0 Å². The molecule has 1 aromatic heterocycles. The molecule has 0 amide bonds. The van der Waals surface area contributed by atoms with Gasteiger partial charge in [0, 0.05) is 30.5 Å². The van der Waals surface area contributed by atoms with Crippen LogP contribution in [0.2, 0.25) is 0 Å². The van der Waals surface area contributed by atoms with E-state index in [4.69, 9.17) is 4.74 Å². The van der Waals surface area contributed by atoms with E-state index in [1.165, 1.54) is 5.56 Å².